The summed E-state index contributed by atoms with van der Waals surface area (Å²) in [6.45, 7) is 6.52. The highest BCUT2D eigenvalue weighted by Crippen LogP contribution is 2.33. The number of carbonyl (C=O) groups is 3. The summed E-state index contributed by atoms with van der Waals surface area (Å²) in [6, 6.07) is 7.41. The van der Waals surface area contributed by atoms with Crippen LogP contribution in [0.25, 0.3) is 16.9 Å². The van der Waals surface area contributed by atoms with Crippen molar-refractivity contribution in [1.82, 2.24) is 24.6 Å². The fourth-order valence-corrected chi connectivity index (χ4v) is 3.02. The van der Waals surface area contributed by atoms with Crippen LogP contribution in [0.5, 0.6) is 0 Å². The number of anilines is 1. The third-order valence-corrected chi connectivity index (χ3v) is 4.81. The van der Waals surface area contributed by atoms with Gasteiger partial charge in [-0.05, 0) is 50.3 Å². The van der Waals surface area contributed by atoms with Gasteiger partial charge in [-0.1, -0.05) is 6.58 Å². The number of alkyl halides is 3. The maximum atomic E-state index is 13.3. The predicted molar refractivity (Wildman–Crippen MR) is 138 cm³/mol. The molecular weight excluding hydrogens is 517 g/mol. The Balaban J connectivity index is 0.000000295. The summed E-state index contributed by atoms with van der Waals surface area (Å²) in [4.78, 5) is 41.9. The van der Waals surface area contributed by atoms with Gasteiger partial charge in [-0.3, -0.25) is 19.4 Å². The van der Waals surface area contributed by atoms with Crippen LogP contribution >= 0.6 is 0 Å². The second kappa shape index (κ2) is 14.2. The lowest BCUT2D eigenvalue weighted by Gasteiger charge is -2.15. The molecule has 3 aromatic heterocycles. The predicted octanol–water partition coefficient (Wildman–Crippen LogP) is 4.06. The lowest BCUT2D eigenvalue weighted by atomic mass is 10.2. The summed E-state index contributed by atoms with van der Waals surface area (Å²) >= 11 is 0. The normalized spacial score (nSPS) is 11.1. The van der Waals surface area contributed by atoms with Crippen LogP contribution in [0.3, 0.4) is 0 Å². The van der Waals surface area contributed by atoms with Crippen molar-refractivity contribution in [2.45, 2.75) is 20.0 Å². The van der Waals surface area contributed by atoms with E-state index in [1.165, 1.54) is 31.6 Å². The number of nitrogens with zero attached hydrogens (tertiary/aromatic N) is 5. The molecule has 3 rings (SSSR count). The van der Waals surface area contributed by atoms with Crippen molar-refractivity contribution in [3.63, 3.8) is 0 Å². The van der Waals surface area contributed by atoms with Gasteiger partial charge in [-0.15, -0.1) is 0 Å². The monoisotopic (exact) mass is 544 g/mol. The zero-order chi connectivity index (χ0) is 29.0. The van der Waals surface area contributed by atoms with Gasteiger partial charge in [0.1, 0.15) is 24.3 Å². The maximum Gasteiger partial charge on any atom is 0.433 e. The van der Waals surface area contributed by atoms with Gasteiger partial charge in [0.2, 0.25) is 5.91 Å². The third kappa shape index (κ3) is 8.91. The van der Waals surface area contributed by atoms with Crippen molar-refractivity contribution >= 4 is 24.0 Å². The van der Waals surface area contributed by atoms with E-state index in [9.17, 15) is 27.6 Å². The first-order valence-electron chi connectivity index (χ1n) is 11.5. The van der Waals surface area contributed by atoms with Gasteiger partial charge in [-0.25, -0.2) is 9.67 Å². The Bertz CT molecular complexity index is 1310. The van der Waals surface area contributed by atoms with Crippen molar-refractivity contribution in [2.75, 3.05) is 25.5 Å². The highest BCUT2D eigenvalue weighted by atomic mass is 19.4. The van der Waals surface area contributed by atoms with Gasteiger partial charge >= 0.3 is 12.1 Å². The number of hydrogen-bond donors (Lipinski definition) is 1. The lowest BCUT2D eigenvalue weighted by Crippen LogP contribution is -2.31. The molecule has 0 saturated carbocycles. The number of carbonyl (C=O) groups excluding carboxylic acids is 3. The molecule has 0 fully saturated rings. The van der Waals surface area contributed by atoms with Crippen molar-refractivity contribution in [3.8, 4) is 16.9 Å². The van der Waals surface area contributed by atoms with Crippen molar-refractivity contribution in [2.24, 2.45) is 0 Å². The van der Waals surface area contributed by atoms with E-state index in [1.807, 2.05) is 0 Å². The van der Waals surface area contributed by atoms with Crippen LogP contribution in [0.2, 0.25) is 0 Å². The minimum absolute atomic E-state index is 0.197. The largest absolute Gasteiger partial charge is 0.465 e. The molecule has 0 atom stereocenters. The van der Waals surface area contributed by atoms with Crippen molar-refractivity contribution in [3.05, 3.63) is 79.0 Å². The molecule has 39 heavy (non-hydrogen) atoms. The SMILES string of the molecule is C=CC(=O)N(/C=C(\C)C=O)CC(=O)OCC.CNc1ccc(-n2nc(-c3cccnc3)cc2C(F)(F)F)cn1. The molecule has 0 bridgehead atoms. The van der Waals surface area contributed by atoms with E-state index in [2.05, 4.69) is 27.0 Å². The summed E-state index contributed by atoms with van der Waals surface area (Å²) in [5.41, 5.74) is 0.404. The van der Waals surface area contributed by atoms with Gasteiger partial charge in [0, 0.05) is 36.8 Å². The molecule has 0 spiro atoms. The lowest BCUT2D eigenvalue weighted by molar-refractivity contribution is -0.146. The van der Waals surface area contributed by atoms with Crippen molar-refractivity contribution in [1.29, 1.82) is 0 Å². The molecule has 1 amide bonds. The molecule has 0 unspecified atom stereocenters. The number of aromatic nitrogens is 4. The minimum atomic E-state index is -4.53. The minimum Gasteiger partial charge on any atom is -0.465 e. The van der Waals surface area contributed by atoms with Crippen LogP contribution in [0.1, 0.15) is 19.5 Å². The van der Waals surface area contributed by atoms with Gasteiger partial charge < -0.3 is 15.0 Å². The number of nitrogens with one attached hydrogen (secondary N) is 1. The van der Waals surface area contributed by atoms with Crippen molar-refractivity contribution < 1.29 is 32.3 Å². The van der Waals surface area contributed by atoms with E-state index in [1.54, 1.807) is 38.4 Å². The zero-order valence-electron chi connectivity index (χ0n) is 21.5. The number of esters is 1. The molecule has 0 aromatic carbocycles. The summed E-state index contributed by atoms with van der Waals surface area (Å²) in [5.74, 6) is -0.441. The highest BCUT2D eigenvalue weighted by molar-refractivity contribution is 5.91. The molecule has 0 saturated heterocycles. The Morgan fingerprint density at radius 2 is 1.97 bits per heavy atom. The number of rotatable bonds is 9. The molecule has 0 aliphatic carbocycles. The van der Waals surface area contributed by atoms with Crippen LogP contribution < -0.4 is 5.32 Å². The average molecular weight is 545 g/mol. The number of allylic oxidation sites excluding steroid dienone is 1. The first kappa shape index (κ1) is 30.4. The smallest absolute Gasteiger partial charge is 0.433 e. The second-order valence-electron chi connectivity index (χ2n) is 7.68. The van der Waals surface area contributed by atoms with Gasteiger partial charge in [0.15, 0.2) is 0 Å². The number of halogens is 3. The van der Waals surface area contributed by atoms with Gasteiger partial charge in [0.25, 0.3) is 0 Å². The molecular formula is C26H27F3N6O4. The number of hydrogen-bond acceptors (Lipinski definition) is 8. The number of ether oxygens (including phenoxy) is 1. The Labute approximate surface area is 222 Å². The number of pyridine rings is 2. The number of amides is 1. The fourth-order valence-electron chi connectivity index (χ4n) is 3.02. The molecule has 10 nitrogen and oxygen atoms in total. The van der Waals surface area contributed by atoms with E-state index < -0.39 is 23.7 Å². The Kier molecular flexibility index (Phi) is 11.1. The van der Waals surface area contributed by atoms with E-state index in [-0.39, 0.29) is 24.5 Å². The zero-order valence-corrected chi connectivity index (χ0v) is 21.5. The Morgan fingerprint density at radius 3 is 2.49 bits per heavy atom. The summed E-state index contributed by atoms with van der Waals surface area (Å²) < 4.78 is 45.4. The first-order chi connectivity index (χ1) is 18.5. The van der Waals surface area contributed by atoms with Crippen LogP contribution in [-0.4, -0.2) is 63.0 Å². The Hall–Kier alpha value is -4.81. The molecule has 3 heterocycles. The molecule has 13 heteroatoms. The van der Waals surface area contributed by atoms with Gasteiger partial charge in [0.05, 0.1) is 24.2 Å². The molecule has 1 N–H and O–H groups in total. The molecule has 206 valence electrons. The highest BCUT2D eigenvalue weighted by Gasteiger charge is 2.36. The van der Waals surface area contributed by atoms with Crippen LogP contribution in [0.4, 0.5) is 19.0 Å². The third-order valence-electron chi connectivity index (χ3n) is 4.81. The van der Waals surface area contributed by atoms with E-state index >= 15 is 0 Å². The summed E-state index contributed by atoms with van der Waals surface area (Å²) in [6.07, 6.45) is 2.76. The van der Waals surface area contributed by atoms with E-state index in [4.69, 9.17) is 4.74 Å². The molecule has 0 aliphatic heterocycles. The molecule has 3 aromatic rings. The first-order valence-corrected chi connectivity index (χ1v) is 11.5. The van der Waals surface area contributed by atoms with Gasteiger partial charge in [-0.2, -0.15) is 18.3 Å². The van der Waals surface area contributed by atoms with Crippen LogP contribution in [0, 0.1) is 0 Å². The van der Waals surface area contributed by atoms with E-state index in [0.29, 0.717) is 23.2 Å². The topological polar surface area (TPSA) is 119 Å². The summed E-state index contributed by atoms with van der Waals surface area (Å²) in [5, 5.41) is 6.88. The quantitative estimate of drug-likeness (QED) is 0.243. The van der Waals surface area contributed by atoms with Crippen LogP contribution in [0.15, 0.2) is 73.4 Å². The number of aldehydes is 1. The Morgan fingerprint density at radius 1 is 1.23 bits per heavy atom. The standard InChI is InChI=1S/C15H12F3N5.C11H15NO4/c1-19-14-5-4-11(9-21-14)23-13(15(16,17)18)7-12(22-23)10-3-2-6-20-8-10;1-4-10(14)12(6-9(3)8-13)7-11(15)16-5-2/h2-9H,1H3,(H,19,21);4,6,8H,1,5,7H2,2-3H3/b;9-6+. The van der Waals surface area contributed by atoms with E-state index in [0.717, 1.165) is 21.7 Å². The average Bonchev–Trinajstić information content (AvgIpc) is 3.40. The molecule has 0 aliphatic rings. The fraction of sp³-hybridized carbons (Fsp3) is 0.231. The van der Waals surface area contributed by atoms with Crippen LogP contribution in [-0.2, 0) is 25.3 Å². The summed E-state index contributed by atoms with van der Waals surface area (Å²) in [7, 11) is 1.68. The second-order valence-corrected chi connectivity index (χ2v) is 7.68. The molecule has 0 radical (unpaired) electrons. The maximum absolute atomic E-state index is 13.3.